The molecule has 106 valence electrons. The highest BCUT2D eigenvalue weighted by atomic mass is 79.9. The molecule has 0 amide bonds. The molecule has 4 nitrogen and oxygen atoms in total. The Labute approximate surface area is 122 Å². The van der Waals surface area contributed by atoms with Gasteiger partial charge in [0.2, 0.25) is 0 Å². The molecule has 0 bridgehead atoms. The fraction of sp³-hybridized carbons (Fsp3) is 0.571. The lowest BCUT2D eigenvalue weighted by Crippen LogP contribution is -2.31. The van der Waals surface area contributed by atoms with Gasteiger partial charge in [0.1, 0.15) is 5.75 Å². The molecule has 3 N–H and O–H groups in total. The van der Waals surface area contributed by atoms with Crippen LogP contribution in [0.3, 0.4) is 0 Å². The third kappa shape index (κ3) is 3.92. The van der Waals surface area contributed by atoms with Crippen LogP contribution in [0.15, 0.2) is 22.7 Å². The standard InChI is InChI=1S/C14H21BrN2O2/c1-18-11-2-3-13(15)12(9-11)14(17-16)8-10-4-6-19-7-5-10/h2-3,9-10,14,17H,4-8,16H2,1H3. The average molecular weight is 329 g/mol. The number of rotatable bonds is 5. The van der Waals surface area contributed by atoms with E-state index in [1.54, 1.807) is 7.11 Å². The van der Waals surface area contributed by atoms with Gasteiger partial charge in [-0.2, -0.15) is 0 Å². The highest BCUT2D eigenvalue weighted by molar-refractivity contribution is 9.10. The average Bonchev–Trinajstić information content (AvgIpc) is 2.47. The van der Waals surface area contributed by atoms with E-state index in [0.29, 0.717) is 5.92 Å². The predicted molar refractivity (Wildman–Crippen MR) is 78.9 cm³/mol. The van der Waals surface area contributed by atoms with Crippen LogP contribution in [-0.4, -0.2) is 20.3 Å². The first-order valence-corrected chi connectivity index (χ1v) is 7.41. The van der Waals surface area contributed by atoms with Crippen LogP contribution in [-0.2, 0) is 4.74 Å². The summed E-state index contributed by atoms with van der Waals surface area (Å²) in [5.74, 6) is 7.25. The third-order valence-electron chi connectivity index (χ3n) is 3.69. The lowest BCUT2D eigenvalue weighted by molar-refractivity contribution is 0.0605. The quantitative estimate of drug-likeness (QED) is 0.644. The molecular weight excluding hydrogens is 308 g/mol. The summed E-state index contributed by atoms with van der Waals surface area (Å²) in [4.78, 5) is 0. The maximum atomic E-state index is 5.74. The summed E-state index contributed by atoms with van der Waals surface area (Å²) in [6.07, 6.45) is 3.24. The van der Waals surface area contributed by atoms with Crippen molar-refractivity contribution in [3.05, 3.63) is 28.2 Å². The second-order valence-electron chi connectivity index (χ2n) is 4.90. The van der Waals surface area contributed by atoms with Crippen molar-refractivity contribution in [2.24, 2.45) is 11.8 Å². The summed E-state index contributed by atoms with van der Waals surface area (Å²) in [6.45, 7) is 1.72. The van der Waals surface area contributed by atoms with E-state index in [9.17, 15) is 0 Å². The molecule has 0 saturated carbocycles. The molecule has 0 aliphatic carbocycles. The summed E-state index contributed by atoms with van der Waals surface area (Å²) in [6, 6.07) is 6.11. The fourth-order valence-electron chi connectivity index (χ4n) is 2.52. The Hall–Kier alpha value is -0.620. The molecule has 1 aromatic rings. The Morgan fingerprint density at radius 3 is 2.84 bits per heavy atom. The van der Waals surface area contributed by atoms with Crippen LogP contribution >= 0.6 is 15.9 Å². The molecule has 19 heavy (non-hydrogen) atoms. The fourth-order valence-corrected chi connectivity index (χ4v) is 3.04. The number of ether oxygens (including phenoxy) is 2. The Balaban J connectivity index is 2.11. The number of methoxy groups -OCH3 is 1. The van der Waals surface area contributed by atoms with Crippen LogP contribution in [0.4, 0.5) is 0 Å². The summed E-state index contributed by atoms with van der Waals surface area (Å²) in [5, 5.41) is 0. The van der Waals surface area contributed by atoms with E-state index in [2.05, 4.69) is 21.4 Å². The Kier molecular flexibility index (Phi) is 5.63. The molecule has 1 fully saturated rings. The van der Waals surface area contributed by atoms with Crippen molar-refractivity contribution < 1.29 is 9.47 Å². The van der Waals surface area contributed by atoms with Gasteiger partial charge in [-0.15, -0.1) is 0 Å². The van der Waals surface area contributed by atoms with E-state index in [1.807, 2.05) is 18.2 Å². The van der Waals surface area contributed by atoms with Crippen LogP contribution in [0, 0.1) is 5.92 Å². The number of benzene rings is 1. The minimum atomic E-state index is 0.132. The largest absolute Gasteiger partial charge is 0.497 e. The SMILES string of the molecule is COc1ccc(Br)c(C(CC2CCOCC2)NN)c1. The van der Waals surface area contributed by atoms with E-state index in [0.717, 1.165) is 48.3 Å². The number of nitrogens with two attached hydrogens (primary N) is 1. The second-order valence-corrected chi connectivity index (χ2v) is 5.75. The molecule has 2 rings (SSSR count). The van der Waals surface area contributed by atoms with Gasteiger partial charge in [0, 0.05) is 23.7 Å². The monoisotopic (exact) mass is 328 g/mol. The van der Waals surface area contributed by atoms with Gasteiger partial charge < -0.3 is 9.47 Å². The molecule has 0 spiro atoms. The summed E-state index contributed by atoms with van der Waals surface area (Å²) in [7, 11) is 1.68. The van der Waals surface area contributed by atoms with Crippen molar-refractivity contribution in [3.63, 3.8) is 0 Å². The lowest BCUT2D eigenvalue weighted by atomic mass is 9.90. The first-order valence-electron chi connectivity index (χ1n) is 6.62. The molecule has 1 aliphatic heterocycles. The van der Waals surface area contributed by atoms with Gasteiger partial charge in [-0.25, -0.2) is 0 Å². The van der Waals surface area contributed by atoms with Crippen LogP contribution in [0.25, 0.3) is 0 Å². The summed E-state index contributed by atoms with van der Waals surface area (Å²) in [5.41, 5.74) is 4.08. The van der Waals surface area contributed by atoms with E-state index in [4.69, 9.17) is 15.3 Å². The zero-order valence-electron chi connectivity index (χ0n) is 11.2. The Morgan fingerprint density at radius 1 is 1.47 bits per heavy atom. The highest BCUT2D eigenvalue weighted by Crippen LogP contribution is 2.33. The molecule has 1 aromatic carbocycles. The van der Waals surface area contributed by atoms with Crippen LogP contribution in [0.2, 0.25) is 0 Å². The maximum Gasteiger partial charge on any atom is 0.119 e. The van der Waals surface area contributed by atoms with Gasteiger partial charge in [0.05, 0.1) is 7.11 Å². The Bertz CT molecular complexity index is 408. The molecule has 1 heterocycles. The van der Waals surface area contributed by atoms with Crippen molar-refractivity contribution >= 4 is 15.9 Å². The van der Waals surface area contributed by atoms with E-state index in [-0.39, 0.29) is 6.04 Å². The van der Waals surface area contributed by atoms with Gasteiger partial charge in [0.15, 0.2) is 0 Å². The topological polar surface area (TPSA) is 56.5 Å². The molecule has 1 unspecified atom stereocenters. The van der Waals surface area contributed by atoms with Gasteiger partial charge in [-0.1, -0.05) is 15.9 Å². The molecule has 0 radical (unpaired) electrons. The van der Waals surface area contributed by atoms with E-state index < -0.39 is 0 Å². The zero-order valence-corrected chi connectivity index (χ0v) is 12.8. The number of hydrogen-bond acceptors (Lipinski definition) is 4. The first-order chi connectivity index (χ1) is 9.24. The Morgan fingerprint density at radius 2 is 2.21 bits per heavy atom. The van der Waals surface area contributed by atoms with Gasteiger partial charge in [-0.05, 0) is 48.9 Å². The van der Waals surface area contributed by atoms with Gasteiger partial charge >= 0.3 is 0 Å². The molecule has 5 heteroatoms. The van der Waals surface area contributed by atoms with Crippen molar-refractivity contribution in [1.29, 1.82) is 0 Å². The highest BCUT2D eigenvalue weighted by Gasteiger charge is 2.21. The molecular formula is C14H21BrN2O2. The minimum absolute atomic E-state index is 0.132. The number of nitrogens with one attached hydrogen (secondary N) is 1. The van der Waals surface area contributed by atoms with Crippen LogP contribution in [0.1, 0.15) is 30.9 Å². The smallest absolute Gasteiger partial charge is 0.119 e. The first kappa shape index (κ1) is 14.8. The number of halogens is 1. The minimum Gasteiger partial charge on any atom is -0.497 e. The van der Waals surface area contributed by atoms with E-state index >= 15 is 0 Å². The van der Waals surface area contributed by atoms with Crippen LogP contribution in [0.5, 0.6) is 5.75 Å². The third-order valence-corrected chi connectivity index (χ3v) is 4.41. The van der Waals surface area contributed by atoms with Gasteiger partial charge in [-0.3, -0.25) is 11.3 Å². The van der Waals surface area contributed by atoms with Crippen molar-refractivity contribution in [2.75, 3.05) is 20.3 Å². The normalized spacial score (nSPS) is 18.3. The summed E-state index contributed by atoms with van der Waals surface area (Å²) < 4.78 is 11.7. The molecule has 1 saturated heterocycles. The van der Waals surface area contributed by atoms with Crippen molar-refractivity contribution in [3.8, 4) is 5.75 Å². The van der Waals surface area contributed by atoms with Crippen LogP contribution < -0.4 is 16.0 Å². The van der Waals surface area contributed by atoms with Crippen molar-refractivity contribution in [1.82, 2.24) is 5.43 Å². The van der Waals surface area contributed by atoms with E-state index in [1.165, 1.54) is 0 Å². The van der Waals surface area contributed by atoms with Gasteiger partial charge in [0.25, 0.3) is 0 Å². The number of hydrogen-bond donors (Lipinski definition) is 2. The molecule has 1 aliphatic rings. The lowest BCUT2D eigenvalue weighted by Gasteiger charge is -2.27. The predicted octanol–water partition coefficient (Wildman–Crippen LogP) is 2.78. The second kappa shape index (κ2) is 7.24. The number of hydrazine groups is 1. The summed E-state index contributed by atoms with van der Waals surface area (Å²) >= 11 is 3.59. The molecule has 1 atom stereocenters. The maximum absolute atomic E-state index is 5.74. The zero-order chi connectivity index (χ0) is 13.7. The van der Waals surface area contributed by atoms with Crippen molar-refractivity contribution in [2.45, 2.75) is 25.3 Å². The molecule has 0 aromatic heterocycles.